The van der Waals surface area contributed by atoms with Gasteiger partial charge in [-0.05, 0) is 18.6 Å². The van der Waals surface area contributed by atoms with E-state index >= 15 is 0 Å². The lowest BCUT2D eigenvalue weighted by molar-refractivity contribution is 0.169. The SMILES string of the molecule is CCCn1nccc1C(NN)c1cccc2c1OCCO2. The van der Waals surface area contributed by atoms with Crippen molar-refractivity contribution in [3.05, 3.63) is 41.7 Å². The third-order valence-electron chi connectivity index (χ3n) is 3.55. The first kappa shape index (κ1) is 13.9. The Bertz CT molecular complexity index is 611. The van der Waals surface area contributed by atoms with E-state index in [-0.39, 0.29) is 6.04 Å². The van der Waals surface area contributed by atoms with Crippen molar-refractivity contribution < 1.29 is 9.47 Å². The largest absolute Gasteiger partial charge is 0.486 e. The van der Waals surface area contributed by atoms with Crippen molar-refractivity contribution in [3.8, 4) is 11.5 Å². The molecule has 3 N–H and O–H groups in total. The van der Waals surface area contributed by atoms with Crippen molar-refractivity contribution in [2.24, 2.45) is 5.84 Å². The standard InChI is InChI=1S/C15H20N4O2/c1-2-8-19-12(6-7-17-19)14(18-16)11-4-3-5-13-15(11)21-10-9-20-13/h3-7,14,18H,2,8-10,16H2,1H3. The van der Waals surface area contributed by atoms with Crippen molar-refractivity contribution in [2.75, 3.05) is 13.2 Å². The molecule has 0 bridgehead atoms. The minimum atomic E-state index is -0.185. The van der Waals surface area contributed by atoms with E-state index in [1.165, 1.54) is 0 Å². The quantitative estimate of drug-likeness (QED) is 0.646. The number of para-hydroxylation sites is 1. The fourth-order valence-corrected chi connectivity index (χ4v) is 2.64. The molecule has 1 aliphatic heterocycles. The lowest BCUT2D eigenvalue weighted by Gasteiger charge is -2.25. The van der Waals surface area contributed by atoms with E-state index in [0.717, 1.165) is 35.7 Å². The average molecular weight is 288 g/mol. The van der Waals surface area contributed by atoms with Crippen LogP contribution in [-0.4, -0.2) is 23.0 Å². The number of aryl methyl sites for hydroxylation is 1. The van der Waals surface area contributed by atoms with E-state index in [9.17, 15) is 0 Å². The van der Waals surface area contributed by atoms with Gasteiger partial charge in [-0.25, -0.2) is 5.43 Å². The minimum absolute atomic E-state index is 0.185. The maximum Gasteiger partial charge on any atom is 0.166 e. The van der Waals surface area contributed by atoms with Gasteiger partial charge >= 0.3 is 0 Å². The molecule has 1 aromatic carbocycles. The van der Waals surface area contributed by atoms with Gasteiger partial charge in [0.25, 0.3) is 0 Å². The second-order valence-electron chi connectivity index (χ2n) is 4.95. The van der Waals surface area contributed by atoms with Crippen LogP contribution in [0, 0.1) is 0 Å². The second-order valence-corrected chi connectivity index (χ2v) is 4.95. The molecule has 0 radical (unpaired) electrons. The van der Waals surface area contributed by atoms with Gasteiger partial charge in [0.15, 0.2) is 11.5 Å². The third-order valence-corrected chi connectivity index (χ3v) is 3.55. The highest BCUT2D eigenvalue weighted by atomic mass is 16.6. The van der Waals surface area contributed by atoms with Crippen LogP contribution in [0.1, 0.15) is 30.6 Å². The molecule has 3 rings (SSSR count). The van der Waals surface area contributed by atoms with E-state index in [1.54, 1.807) is 6.20 Å². The Morgan fingerprint density at radius 2 is 2.19 bits per heavy atom. The van der Waals surface area contributed by atoms with E-state index in [2.05, 4.69) is 17.4 Å². The summed E-state index contributed by atoms with van der Waals surface area (Å²) in [6.07, 6.45) is 2.81. The summed E-state index contributed by atoms with van der Waals surface area (Å²) in [6, 6.07) is 7.66. The monoisotopic (exact) mass is 288 g/mol. The number of rotatable bonds is 5. The third kappa shape index (κ3) is 2.59. The minimum Gasteiger partial charge on any atom is -0.486 e. The van der Waals surface area contributed by atoms with E-state index < -0.39 is 0 Å². The summed E-state index contributed by atoms with van der Waals surface area (Å²) < 4.78 is 13.4. The molecule has 0 fully saturated rings. The molecule has 0 spiro atoms. The van der Waals surface area contributed by atoms with Gasteiger partial charge in [-0.1, -0.05) is 19.1 Å². The Hall–Kier alpha value is -2.05. The summed E-state index contributed by atoms with van der Waals surface area (Å²) in [4.78, 5) is 0. The van der Waals surface area contributed by atoms with Gasteiger partial charge in [0.2, 0.25) is 0 Å². The summed E-state index contributed by atoms with van der Waals surface area (Å²) in [6.45, 7) is 4.10. The molecule has 0 aliphatic carbocycles. The second kappa shape index (κ2) is 6.15. The summed E-state index contributed by atoms with van der Waals surface area (Å²) >= 11 is 0. The van der Waals surface area contributed by atoms with Crippen molar-refractivity contribution in [1.82, 2.24) is 15.2 Å². The van der Waals surface area contributed by atoms with Crippen LogP contribution in [-0.2, 0) is 6.54 Å². The summed E-state index contributed by atoms with van der Waals surface area (Å²) in [5.74, 6) is 7.33. The fourth-order valence-electron chi connectivity index (χ4n) is 2.64. The van der Waals surface area contributed by atoms with Crippen molar-refractivity contribution >= 4 is 0 Å². The molecule has 1 aromatic heterocycles. The number of hydrogen-bond acceptors (Lipinski definition) is 5. The van der Waals surface area contributed by atoms with Gasteiger partial charge in [0.1, 0.15) is 13.2 Å². The molecule has 1 aliphatic rings. The Kier molecular flexibility index (Phi) is 4.08. The van der Waals surface area contributed by atoms with Gasteiger partial charge < -0.3 is 9.47 Å². The van der Waals surface area contributed by atoms with Crippen molar-refractivity contribution in [1.29, 1.82) is 0 Å². The van der Waals surface area contributed by atoms with Gasteiger partial charge in [-0.15, -0.1) is 0 Å². The molecule has 0 amide bonds. The molecule has 2 aromatic rings. The Morgan fingerprint density at radius 1 is 1.33 bits per heavy atom. The maximum absolute atomic E-state index is 5.81. The van der Waals surface area contributed by atoms with Crippen LogP contribution >= 0.6 is 0 Å². The first-order chi connectivity index (χ1) is 10.3. The smallest absolute Gasteiger partial charge is 0.166 e. The molecule has 1 atom stereocenters. The highest BCUT2D eigenvalue weighted by molar-refractivity contribution is 5.50. The lowest BCUT2D eigenvalue weighted by Crippen LogP contribution is -2.31. The molecule has 0 saturated heterocycles. The molecule has 0 saturated carbocycles. The summed E-state index contributed by atoms with van der Waals surface area (Å²) in [5, 5.41) is 4.36. The lowest BCUT2D eigenvalue weighted by atomic mass is 10.0. The van der Waals surface area contributed by atoms with E-state index in [0.29, 0.717) is 13.2 Å². The van der Waals surface area contributed by atoms with Crippen LogP contribution < -0.4 is 20.7 Å². The summed E-state index contributed by atoms with van der Waals surface area (Å²) in [7, 11) is 0. The normalized spacial score (nSPS) is 15.0. The van der Waals surface area contributed by atoms with Crippen LogP contribution in [0.25, 0.3) is 0 Å². The number of nitrogens with two attached hydrogens (primary N) is 1. The number of fused-ring (bicyclic) bond motifs is 1. The van der Waals surface area contributed by atoms with Crippen LogP contribution in [0.3, 0.4) is 0 Å². The van der Waals surface area contributed by atoms with Gasteiger partial charge in [0, 0.05) is 18.3 Å². The first-order valence-electron chi connectivity index (χ1n) is 7.21. The van der Waals surface area contributed by atoms with Crippen LogP contribution in [0.4, 0.5) is 0 Å². The maximum atomic E-state index is 5.81. The number of benzene rings is 1. The zero-order chi connectivity index (χ0) is 14.7. The number of nitrogens with zero attached hydrogens (tertiary/aromatic N) is 2. The van der Waals surface area contributed by atoms with Crippen LogP contribution in [0.5, 0.6) is 11.5 Å². The highest BCUT2D eigenvalue weighted by Crippen LogP contribution is 2.38. The first-order valence-corrected chi connectivity index (χ1v) is 7.21. The highest BCUT2D eigenvalue weighted by Gasteiger charge is 2.24. The number of aromatic nitrogens is 2. The van der Waals surface area contributed by atoms with Gasteiger partial charge in [0.05, 0.1) is 11.7 Å². The Balaban J connectivity index is 2.02. The zero-order valence-corrected chi connectivity index (χ0v) is 12.1. The van der Waals surface area contributed by atoms with Gasteiger partial charge in [-0.3, -0.25) is 10.5 Å². The van der Waals surface area contributed by atoms with E-state index in [4.69, 9.17) is 15.3 Å². The fraction of sp³-hybridized carbons (Fsp3) is 0.400. The van der Waals surface area contributed by atoms with Crippen molar-refractivity contribution in [2.45, 2.75) is 25.9 Å². The molecule has 112 valence electrons. The molecule has 1 unspecified atom stereocenters. The number of ether oxygens (including phenoxy) is 2. The number of hydrogen-bond donors (Lipinski definition) is 2. The molecular formula is C15H20N4O2. The predicted molar refractivity (Wildman–Crippen MR) is 79.1 cm³/mol. The molecule has 6 nitrogen and oxygen atoms in total. The van der Waals surface area contributed by atoms with Gasteiger partial charge in [-0.2, -0.15) is 5.10 Å². The predicted octanol–water partition coefficient (Wildman–Crippen LogP) is 1.62. The average Bonchev–Trinajstić information content (AvgIpc) is 2.97. The molecule has 6 heteroatoms. The molecule has 2 heterocycles. The van der Waals surface area contributed by atoms with Crippen LogP contribution in [0.15, 0.2) is 30.5 Å². The Labute approximate surface area is 123 Å². The zero-order valence-electron chi connectivity index (χ0n) is 12.1. The molecular weight excluding hydrogens is 268 g/mol. The van der Waals surface area contributed by atoms with Crippen LogP contribution in [0.2, 0.25) is 0 Å². The Morgan fingerprint density at radius 3 is 3.00 bits per heavy atom. The van der Waals surface area contributed by atoms with E-state index in [1.807, 2.05) is 28.9 Å². The summed E-state index contributed by atoms with van der Waals surface area (Å²) in [5.41, 5.74) is 4.85. The molecule has 21 heavy (non-hydrogen) atoms. The number of nitrogens with one attached hydrogen (secondary N) is 1. The number of hydrazine groups is 1. The van der Waals surface area contributed by atoms with Crippen molar-refractivity contribution in [3.63, 3.8) is 0 Å². The topological polar surface area (TPSA) is 74.3 Å².